The van der Waals surface area contributed by atoms with Crippen molar-refractivity contribution in [3.63, 3.8) is 0 Å². The zero-order valence-electron chi connectivity index (χ0n) is 21.5. The van der Waals surface area contributed by atoms with Crippen LogP contribution in [0.1, 0.15) is 51.2 Å². The smallest absolute Gasteiger partial charge is 0.328 e. The van der Waals surface area contributed by atoms with Gasteiger partial charge in [0.1, 0.15) is 6.04 Å². The number of amides is 1. The third kappa shape index (κ3) is 6.40. The maximum atomic E-state index is 13.1. The van der Waals surface area contributed by atoms with Crippen LogP contribution < -0.4 is 0 Å². The van der Waals surface area contributed by atoms with Gasteiger partial charge in [0.2, 0.25) is 5.91 Å². The average Bonchev–Trinajstić information content (AvgIpc) is 2.91. The molecule has 3 aromatic carbocycles. The number of methoxy groups -OCH3 is 1. The first-order chi connectivity index (χ1) is 17.4. The summed E-state index contributed by atoms with van der Waals surface area (Å²) in [6.45, 7) is 6.21. The van der Waals surface area contributed by atoms with Crippen LogP contribution in [-0.2, 0) is 20.9 Å². The van der Waals surface area contributed by atoms with E-state index in [1.165, 1.54) is 7.11 Å². The highest BCUT2D eigenvalue weighted by molar-refractivity contribution is 5.85. The summed E-state index contributed by atoms with van der Waals surface area (Å²) < 4.78 is 5.03. The molecule has 0 aliphatic carbocycles. The zero-order valence-corrected chi connectivity index (χ0v) is 21.5. The normalized spacial score (nSPS) is 11.6. The first-order valence-electron chi connectivity index (χ1n) is 12.5. The van der Waals surface area contributed by atoms with Gasteiger partial charge in [-0.2, -0.15) is 5.26 Å². The fourth-order valence-corrected chi connectivity index (χ4v) is 4.37. The van der Waals surface area contributed by atoms with E-state index in [2.05, 4.69) is 6.07 Å². The monoisotopic (exact) mass is 482 g/mol. The van der Waals surface area contributed by atoms with Crippen molar-refractivity contribution in [2.75, 3.05) is 7.11 Å². The summed E-state index contributed by atoms with van der Waals surface area (Å²) in [5.74, 6) is -0.531. The van der Waals surface area contributed by atoms with E-state index in [0.717, 1.165) is 40.7 Å². The van der Waals surface area contributed by atoms with Gasteiger partial charge >= 0.3 is 5.97 Å². The van der Waals surface area contributed by atoms with E-state index in [9.17, 15) is 14.9 Å². The molecule has 5 nitrogen and oxygen atoms in total. The summed E-state index contributed by atoms with van der Waals surface area (Å²) in [5, 5.41) is 9.70. The number of carbonyl (C=O) groups is 2. The van der Waals surface area contributed by atoms with Crippen LogP contribution in [0.5, 0.6) is 0 Å². The lowest BCUT2D eigenvalue weighted by Gasteiger charge is -2.32. The summed E-state index contributed by atoms with van der Waals surface area (Å²) in [7, 11) is 1.36. The van der Waals surface area contributed by atoms with Crippen molar-refractivity contribution >= 4 is 11.9 Å². The predicted molar refractivity (Wildman–Crippen MR) is 143 cm³/mol. The van der Waals surface area contributed by atoms with Crippen molar-refractivity contribution in [2.45, 2.75) is 52.6 Å². The molecule has 3 aromatic rings. The molecule has 5 heteroatoms. The van der Waals surface area contributed by atoms with Crippen LogP contribution in [0.25, 0.3) is 22.3 Å². The second-order valence-electron chi connectivity index (χ2n) is 9.27. The van der Waals surface area contributed by atoms with Gasteiger partial charge in [-0.15, -0.1) is 0 Å². The van der Waals surface area contributed by atoms with Gasteiger partial charge in [-0.25, -0.2) is 4.79 Å². The van der Waals surface area contributed by atoms with Gasteiger partial charge in [0, 0.05) is 18.5 Å². The number of hydrogen-bond acceptors (Lipinski definition) is 4. The SMILES string of the molecule is CCCCC(=O)N(Cc1ccc(-c2cc(-c3ccccc3)ccc2C#N)cc1)[C@H](C(=O)OC)C(C)C. The van der Waals surface area contributed by atoms with Gasteiger partial charge in [-0.1, -0.05) is 87.9 Å². The molecule has 0 fully saturated rings. The molecule has 0 saturated heterocycles. The number of nitriles is 1. The van der Waals surface area contributed by atoms with E-state index in [1.807, 2.05) is 93.6 Å². The molecule has 1 atom stereocenters. The number of esters is 1. The van der Waals surface area contributed by atoms with E-state index in [0.29, 0.717) is 18.5 Å². The Labute approximate surface area is 214 Å². The van der Waals surface area contributed by atoms with Crippen LogP contribution in [0.15, 0.2) is 72.8 Å². The Morgan fingerprint density at radius 2 is 1.61 bits per heavy atom. The van der Waals surface area contributed by atoms with E-state index in [-0.39, 0.29) is 11.8 Å². The molecule has 0 bridgehead atoms. The summed E-state index contributed by atoms with van der Waals surface area (Å²) >= 11 is 0. The van der Waals surface area contributed by atoms with Crippen molar-refractivity contribution in [3.05, 3.63) is 83.9 Å². The van der Waals surface area contributed by atoms with Gasteiger partial charge in [0.15, 0.2) is 0 Å². The van der Waals surface area contributed by atoms with Crippen LogP contribution >= 0.6 is 0 Å². The van der Waals surface area contributed by atoms with Crippen LogP contribution in [0.4, 0.5) is 0 Å². The quantitative estimate of drug-likeness (QED) is 0.305. The Balaban J connectivity index is 1.92. The van der Waals surface area contributed by atoms with Crippen molar-refractivity contribution in [1.29, 1.82) is 5.26 Å². The Morgan fingerprint density at radius 3 is 2.19 bits per heavy atom. The number of nitrogens with zero attached hydrogens (tertiary/aromatic N) is 2. The minimum absolute atomic E-state index is 0.0487. The standard InChI is InChI=1S/C31H34N2O3/c1-5-6-12-29(34)33(30(22(2)3)31(35)36-4)21-23-13-15-25(16-14-23)28-19-26(17-18-27(28)20-32)24-10-8-7-9-11-24/h7-11,13-19,22,30H,5-6,12,21H2,1-4H3/t30-/m0/s1. The number of hydrogen-bond donors (Lipinski definition) is 0. The highest BCUT2D eigenvalue weighted by atomic mass is 16.5. The summed E-state index contributed by atoms with van der Waals surface area (Å²) in [4.78, 5) is 27.3. The van der Waals surface area contributed by atoms with Gasteiger partial charge in [0.25, 0.3) is 0 Å². The molecule has 0 heterocycles. The van der Waals surface area contributed by atoms with E-state index >= 15 is 0 Å². The van der Waals surface area contributed by atoms with Crippen molar-refractivity contribution < 1.29 is 14.3 Å². The fraction of sp³-hybridized carbons (Fsp3) is 0.323. The Morgan fingerprint density at radius 1 is 0.944 bits per heavy atom. The van der Waals surface area contributed by atoms with Crippen LogP contribution in [0.2, 0.25) is 0 Å². The topological polar surface area (TPSA) is 70.4 Å². The average molecular weight is 483 g/mol. The molecule has 0 spiro atoms. The molecule has 0 N–H and O–H groups in total. The lowest BCUT2D eigenvalue weighted by molar-refractivity contribution is -0.155. The third-order valence-corrected chi connectivity index (χ3v) is 6.34. The maximum Gasteiger partial charge on any atom is 0.328 e. The molecule has 0 saturated carbocycles. The zero-order chi connectivity index (χ0) is 26.1. The third-order valence-electron chi connectivity index (χ3n) is 6.34. The predicted octanol–water partition coefficient (Wildman–Crippen LogP) is 6.61. The van der Waals surface area contributed by atoms with Crippen molar-refractivity contribution in [1.82, 2.24) is 4.90 Å². The Kier molecular flexibility index (Phi) is 9.41. The molecule has 0 aromatic heterocycles. The second kappa shape index (κ2) is 12.7. The molecule has 0 aliphatic rings. The van der Waals surface area contributed by atoms with E-state index in [4.69, 9.17) is 4.74 Å². The molecular weight excluding hydrogens is 448 g/mol. The van der Waals surface area contributed by atoms with Gasteiger partial charge in [0.05, 0.1) is 18.7 Å². The van der Waals surface area contributed by atoms with E-state index in [1.54, 1.807) is 4.90 Å². The number of carbonyl (C=O) groups excluding carboxylic acids is 2. The van der Waals surface area contributed by atoms with Crippen LogP contribution in [-0.4, -0.2) is 29.9 Å². The van der Waals surface area contributed by atoms with Crippen molar-refractivity contribution in [3.8, 4) is 28.3 Å². The molecule has 1 amide bonds. The van der Waals surface area contributed by atoms with Crippen LogP contribution in [0, 0.1) is 17.2 Å². The minimum atomic E-state index is -0.647. The molecular formula is C31H34N2O3. The molecule has 0 aliphatic heterocycles. The molecule has 0 unspecified atom stereocenters. The number of ether oxygens (including phenoxy) is 1. The fourth-order valence-electron chi connectivity index (χ4n) is 4.37. The van der Waals surface area contributed by atoms with Crippen LogP contribution in [0.3, 0.4) is 0 Å². The number of unbranched alkanes of at least 4 members (excludes halogenated alkanes) is 1. The highest BCUT2D eigenvalue weighted by Gasteiger charge is 2.33. The lowest BCUT2D eigenvalue weighted by atomic mass is 9.94. The Bertz CT molecular complexity index is 1210. The first-order valence-corrected chi connectivity index (χ1v) is 12.5. The second-order valence-corrected chi connectivity index (χ2v) is 9.27. The largest absolute Gasteiger partial charge is 0.467 e. The van der Waals surface area contributed by atoms with Gasteiger partial charge in [-0.3, -0.25) is 4.79 Å². The lowest BCUT2D eigenvalue weighted by Crippen LogP contribution is -2.48. The molecule has 186 valence electrons. The Hall–Kier alpha value is -3.91. The highest BCUT2D eigenvalue weighted by Crippen LogP contribution is 2.30. The van der Waals surface area contributed by atoms with E-state index < -0.39 is 12.0 Å². The minimum Gasteiger partial charge on any atom is -0.467 e. The summed E-state index contributed by atoms with van der Waals surface area (Å²) in [6, 6.07) is 25.4. The molecule has 36 heavy (non-hydrogen) atoms. The maximum absolute atomic E-state index is 13.1. The number of benzene rings is 3. The molecule has 0 radical (unpaired) electrons. The first kappa shape index (κ1) is 26.7. The van der Waals surface area contributed by atoms with Crippen molar-refractivity contribution in [2.24, 2.45) is 5.92 Å². The van der Waals surface area contributed by atoms with Gasteiger partial charge < -0.3 is 9.64 Å². The summed E-state index contributed by atoms with van der Waals surface area (Å²) in [6.07, 6.45) is 2.07. The van der Waals surface area contributed by atoms with Gasteiger partial charge in [-0.05, 0) is 46.7 Å². The summed E-state index contributed by atoms with van der Waals surface area (Å²) in [5.41, 5.74) is 5.42. The number of rotatable bonds is 10. The molecule has 3 rings (SSSR count).